The van der Waals surface area contributed by atoms with Gasteiger partial charge in [-0.3, -0.25) is 19.8 Å². The summed E-state index contributed by atoms with van der Waals surface area (Å²) in [5.41, 5.74) is 0. The molecular formula is C10H16N2O3S2. The first kappa shape index (κ1) is 14.4. The zero-order valence-corrected chi connectivity index (χ0v) is 11.4. The molecular weight excluding hydrogens is 260 g/mol. The fourth-order valence-corrected chi connectivity index (χ4v) is 2.56. The van der Waals surface area contributed by atoms with Crippen LogP contribution in [0.2, 0.25) is 0 Å². The molecule has 1 amide bonds. The molecule has 0 aromatic heterocycles. The highest BCUT2D eigenvalue weighted by atomic mass is 32.2. The number of aliphatic carboxylic acids is 1. The molecule has 0 aromatic rings. The topological polar surface area (TPSA) is 69.6 Å². The van der Waals surface area contributed by atoms with Gasteiger partial charge in [0, 0.05) is 0 Å². The van der Waals surface area contributed by atoms with Crippen LogP contribution in [0.1, 0.15) is 20.3 Å². The maximum Gasteiger partial charge on any atom is 0.321 e. The van der Waals surface area contributed by atoms with Crippen LogP contribution in [0.3, 0.4) is 0 Å². The molecule has 1 fully saturated rings. The van der Waals surface area contributed by atoms with Gasteiger partial charge in [-0.1, -0.05) is 44.2 Å². The van der Waals surface area contributed by atoms with Crippen molar-refractivity contribution in [1.29, 1.82) is 0 Å². The van der Waals surface area contributed by atoms with Gasteiger partial charge in [0.25, 0.3) is 0 Å². The van der Waals surface area contributed by atoms with E-state index in [9.17, 15) is 9.59 Å². The monoisotopic (exact) mass is 276 g/mol. The Kier molecular flexibility index (Phi) is 5.35. The number of carboxylic acid groups (broad SMARTS) is 1. The molecule has 1 rings (SSSR count). The average molecular weight is 276 g/mol. The third kappa shape index (κ3) is 3.65. The Labute approximate surface area is 110 Å². The highest BCUT2D eigenvalue weighted by molar-refractivity contribution is 8.23. The number of nitrogens with one attached hydrogen (secondary N) is 1. The summed E-state index contributed by atoms with van der Waals surface area (Å²) in [7, 11) is 0. The zero-order chi connectivity index (χ0) is 13.0. The highest BCUT2D eigenvalue weighted by Gasteiger charge is 2.29. The number of amides is 1. The lowest BCUT2D eigenvalue weighted by molar-refractivity contribution is -0.141. The van der Waals surface area contributed by atoms with Crippen molar-refractivity contribution < 1.29 is 14.7 Å². The van der Waals surface area contributed by atoms with Gasteiger partial charge in [0.05, 0.1) is 12.4 Å². The van der Waals surface area contributed by atoms with Crippen LogP contribution in [0.15, 0.2) is 0 Å². The third-order valence-electron chi connectivity index (χ3n) is 2.79. The van der Waals surface area contributed by atoms with E-state index in [1.807, 2.05) is 13.8 Å². The van der Waals surface area contributed by atoms with Gasteiger partial charge in [0.15, 0.2) is 0 Å². The predicted octanol–water partition coefficient (Wildman–Crippen LogP) is 0.893. The minimum atomic E-state index is -0.899. The molecule has 2 atom stereocenters. The first-order valence-electron chi connectivity index (χ1n) is 5.40. The second-order valence-electron chi connectivity index (χ2n) is 3.94. The van der Waals surface area contributed by atoms with Crippen LogP contribution in [0.25, 0.3) is 0 Å². The number of hydrogen-bond acceptors (Lipinski definition) is 5. The average Bonchev–Trinajstić information content (AvgIpc) is 2.59. The molecule has 0 bridgehead atoms. The summed E-state index contributed by atoms with van der Waals surface area (Å²) in [5.74, 6) is -0.613. The molecule has 1 heterocycles. The van der Waals surface area contributed by atoms with Crippen LogP contribution in [0.4, 0.5) is 0 Å². The molecule has 17 heavy (non-hydrogen) atoms. The van der Waals surface area contributed by atoms with Crippen molar-refractivity contribution in [2.45, 2.75) is 26.3 Å². The van der Waals surface area contributed by atoms with Crippen molar-refractivity contribution in [1.82, 2.24) is 10.2 Å². The van der Waals surface area contributed by atoms with Crippen molar-refractivity contribution in [3.8, 4) is 0 Å². The smallest absolute Gasteiger partial charge is 0.321 e. The molecule has 2 unspecified atom stereocenters. The van der Waals surface area contributed by atoms with E-state index in [1.165, 1.54) is 16.7 Å². The van der Waals surface area contributed by atoms with Crippen molar-refractivity contribution in [2.24, 2.45) is 5.92 Å². The van der Waals surface area contributed by atoms with E-state index in [-0.39, 0.29) is 18.5 Å². The molecule has 0 spiro atoms. The summed E-state index contributed by atoms with van der Waals surface area (Å²) in [6.07, 6.45) is 0.761. The number of carbonyl (C=O) groups is 2. The van der Waals surface area contributed by atoms with Crippen LogP contribution >= 0.6 is 24.0 Å². The molecule has 1 saturated heterocycles. The lowest BCUT2D eigenvalue weighted by Gasteiger charge is -2.23. The largest absolute Gasteiger partial charge is 0.480 e. The molecule has 7 heteroatoms. The number of carboxylic acids is 1. The highest BCUT2D eigenvalue weighted by Crippen LogP contribution is 2.18. The Morgan fingerprint density at radius 2 is 2.35 bits per heavy atom. The summed E-state index contributed by atoms with van der Waals surface area (Å²) in [5, 5.41) is 12.0. The van der Waals surface area contributed by atoms with Gasteiger partial charge in [-0.15, -0.1) is 0 Å². The number of nitrogens with zero attached hydrogens (tertiary/aromatic N) is 1. The number of rotatable bonds is 6. The van der Waals surface area contributed by atoms with Gasteiger partial charge in [-0.25, -0.2) is 0 Å². The maximum absolute atomic E-state index is 11.4. The molecule has 0 radical (unpaired) electrons. The first-order valence-corrected chi connectivity index (χ1v) is 6.80. The summed E-state index contributed by atoms with van der Waals surface area (Å²) in [6.45, 7) is 3.97. The summed E-state index contributed by atoms with van der Waals surface area (Å²) >= 11 is 6.32. The Bertz CT molecular complexity index is 320. The summed E-state index contributed by atoms with van der Waals surface area (Å²) in [6, 6.07) is -0.652. The van der Waals surface area contributed by atoms with Crippen LogP contribution < -0.4 is 5.32 Å². The molecule has 0 aromatic carbocycles. The van der Waals surface area contributed by atoms with Crippen LogP contribution in [-0.4, -0.2) is 44.7 Å². The molecule has 1 aliphatic rings. The molecule has 5 nitrogen and oxygen atoms in total. The molecule has 0 saturated carbocycles. The van der Waals surface area contributed by atoms with E-state index in [0.29, 0.717) is 10.1 Å². The van der Waals surface area contributed by atoms with Gasteiger partial charge >= 0.3 is 5.97 Å². The van der Waals surface area contributed by atoms with Crippen LogP contribution in [0, 0.1) is 5.92 Å². The quantitative estimate of drug-likeness (QED) is 0.702. The van der Waals surface area contributed by atoms with Gasteiger partial charge in [0.2, 0.25) is 5.91 Å². The van der Waals surface area contributed by atoms with Crippen molar-refractivity contribution in [2.75, 3.05) is 12.4 Å². The normalized spacial score (nSPS) is 19.5. The van der Waals surface area contributed by atoms with E-state index in [1.54, 1.807) is 0 Å². The molecule has 1 aliphatic heterocycles. The van der Waals surface area contributed by atoms with Crippen LogP contribution in [-0.2, 0) is 9.59 Å². The standard InChI is InChI=1S/C10H16N2O3S2/c1-3-6(2)8(9(14)15)11-5-12-7(13)4-17-10(12)16/h6,8,11H,3-5H2,1-2H3,(H,14,15). The molecule has 0 aliphatic carbocycles. The minimum Gasteiger partial charge on any atom is -0.480 e. The van der Waals surface area contributed by atoms with Gasteiger partial charge in [-0.2, -0.15) is 0 Å². The second-order valence-corrected chi connectivity index (χ2v) is 5.55. The minimum absolute atomic E-state index is 0.00595. The Balaban J connectivity index is 2.55. The van der Waals surface area contributed by atoms with Crippen LogP contribution in [0.5, 0.6) is 0 Å². The van der Waals surface area contributed by atoms with E-state index in [0.717, 1.165) is 6.42 Å². The Morgan fingerprint density at radius 3 is 2.76 bits per heavy atom. The maximum atomic E-state index is 11.4. The fraction of sp³-hybridized carbons (Fsp3) is 0.700. The molecule has 2 N–H and O–H groups in total. The fourth-order valence-electron chi connectivity index (χ4n) is 1.49. The lowest BCUT2D eigenvalue weighted by Crippen LogP contribution is -2.48. The van der Waals surface area contributed by atoms with Gasteiger partial charge in [-0.05, 0) is 5.92 Å². The Hall–Kier alpha value is -0.660. The van der Waals surface area contributed by atoms with Crippen molar-refractivity contribution in [3.63, 3.8) is 0 Å². The zero-order valence-electron chi connectivity index (χ0n) is 9.80. The van der Waals surface area contributed by atoms with E-state index in [2.05, 4.69) is 5.32 Å². The van der Waals surface area contributed by atoms with Crippen molar-refractivity contribution >= 4 is 40.2 Å². The first-order chi connectivity index (χ1) is 7.97. The number of hydrogen-bond donors (Lipinski definition) is 2. The van der Waals surface area contributed by atoms with Gasteiger partial charge in [0.1, 0.15) is 10.4 Å². The summed E-state index contributed by atoms with van der Waals surface area (Å²) < 4.78 is 0.510. The van der Waals surface area contributed by atoms with E-state index < -0.39 is 12.0 Å². The third-order valence-corrected chi connectivity index (χ3v) is 4.22. The summed E-state index contributed by atoms with van der Waals surface area (Å²) in [4.78, 5) is 23.9. The number of carbonyl (C=O) groups excluding carboxylic acids is 1. The SMILES string of the molecule is CCC(C)C(NCN1C(=O)CSC1=S)C(=O)O. The van der Waals surface area contributed by atoms with Gasteiger partial charge < -0.3 is 5.11 Å². The second kappa shape index (κ2) is 6.32. The Morgan fingerprint density at radius 1 is 1.71 bits per heavy atom. The predicted molar refractivity (Wildman–Crippen MR) is 70.8 cm³/mol. The van der Waals surface area contributed by atoms with E-state index >= 15 is 0 Å². The lowest BCUT2D eigenvalue weighted by atomic mass is 10.00. The number of thioether (sulfide) groups is 1. The number of thiocarbonyl (C=S) groups is 1. The molecule has 96 valence electrons. The van der Waals surface area contributed by atoms with Crippen molar-refractivity contribution in [3.05, 3.63) is 0 Å². The van der Waals surface area contributed by atoms with E-state index in [4.69, 9.17) is 17.3 Å².